The van der Waals surface area contributed by atoms with Crippen molar-refractivity contribution in [2.75, 3.05) is 13.1 Å². The predicted molar refractivity (Wildman–Crippen MR) is 239 cm³/mol. The summed E-state index contributed by atoms with van der Waals surface area (Å²) in [5.74, 6) is -0.575. The Morgan fingerprint density at radius 3 is 0.717 bits per heavy atom. The van der Waals surface area contributed by atoms with Gasteiger partial charge in [-0.3, -0.25) is 9.69 Å². The molecule has 0 radical (unpaired) electrons. The topological polar surface area (TPSA) is 40.5 Å². The summed E-state index contributed by atoms with van der Waals surface area (Å²) in [6.07, 6.45) is 58.3. The third-order valence-electron chi connectivity index (χ3n) is 12.2. The molecule has 0 aliphatic rings. The molecule has 0 aromatic heterocycles. The van der Waals surface area contributed by atoms with Crippen LogP contribution in [0.3, 0.4) is 0 Å². The van der Waals surface area contributed by atoms with Gasteiger partial charge in [0.25, 0.3) is 0 Å². The van der Waals surface area contributed by atoms with Gasteiger partial charge in [-0.1, -0.05) is 278 Å². The molecule has 0 aliphatic carbocycles. The normalized spacial score (nSPS) is 12.3. The van der Waals surface area contributed by atoms with Gasteiger partial charge in [0.05, 0.1) is 0 Å². The molecule has 0 spiro atoms. The maximum absolute atomic E-state index is 12.5. The molecule has 0 heterocycles. The standard InChI is InChI=1S/C50H101NO2/c1-4-7-10-13-16-19-22-24-26-28-30-32-35-38-41-44-47-51(49(50(52)53)46-43-40-37-34-21-18-15-12-9-6-3)48-45-42-39-36-33-31-29-27-25-23-20-17-14-11-8-5-2/h49H,4-48H2,1-3H3,(H,52,53). The largest absolute Gasteiger partial charge is 0.480 e. The number of aliphatic carboxylic acids is 1. The quantitative estimate of drug-likeness (QED) is 0.0630. The number of unbranched alkanes of at least 4 members (excludes halogenated alkanes) is 39. The van der Waals surface area contributed by atoms with Gasteiger partial charge in [-0.2, -0.15) is 0 Å². The molecule has 1 atom stereocenters. The number of hydrogen-bond donors (Lipinski definition) is 1. The second-order valence-corrected chi connectivity index (χ2v) is 17.5. The first-order valence-corrected chi connectivity index (χ1v) is 25.1. The van der Waals surface area contributed by atoms with E-state index in [4.69, 9.17) is 0 Å². The Labute approximate surface area is 335 Å². The molecule has 0 aromatic carbocycles. The molecule has 0 bridgehead atoms. The van der Waals surface area contributed by atoms with Crippen molar-refractivity contribution in [3.8, 4) is 0 Å². The maximum atomic E-state index is 12.5. The molecule has 0 aromatic rings. The van der Waals surface area contributed by atoms with Crippen molar-refractivity contribution >= 4 is 5.97 Å². The van der Waals surface area contributed by atoms with Crippen LogP contribution < -0.4 is 0 Å². The second-order valence-electron chi connectivity index (χ2n) is 17.5. The van der Waals surface area contributed by atoms with Crippen LogP contribution in [0.15, 0.2) is 0 Å². The highest BCUT2D eigenvalue weighted by molar-refractivity contribution is 5.73. The molecular weight excluding hydrogens is 647 g/mol. The number of carbonyl (C=O) groups is 1. The summed E-state index contributed by atoms with van der Waals surface area (Å²) >= 11 is 0. The zero-order valence-electron chi connectivity index (χ0n) is 37.2. The van der Waals surface area contributed by atoms with Gasteiger partial charge in [-0.15, -0.1) is 0 Å². The zero-order valence-corrected chi connectivity index (χ0v) is 37.2. The molecule has 0 aliphatic heterocycles. The molecule has 0 saturated carbocycles. The van der Waals surface area contributed by atoms with E-state index in [2.05, 4.69) is 25.7 Å². The minimum Gasteiger partial charge on any atom is -0.480 e. The molecular formula is C50H101NO2. The van der Waals surface area contributed by atoms with E-state index in [-0.39, 0.29) is 6.04 Å². The number of rotatable bonds is 47. The summed E-state index contributed by atoms with van der Waals surface area (Å²) in [5.41, 5.74) is 0. The molecule has 3 nitrogen and oxygen atoms in total. The Kier molecular flexibility index (Phi) is 45.3. The van der Waals surface area contributed by atoms with E-state index >= 15 is 0 Å². The SMILES string of the molecule is CCCCCCCCCCCCCCCCCCN(CCCCCCCCCCCCCCCCCC)C(CCCCCCCCCCCC)C(=O)O. The Morgan fingerprint density at radius 1 is 0.321 bits per heavy atom. The molecule has 0 fully saturated rings. The van der Waals surface area contributed by atoms with Gasteiger partial charge >= 0.3 is 5.97 Å². The summed E-state index contributed by atoms with van der Waals surface area (Å²) in [5, 5.41) is 10.3. The third-order valence-corrected chi connectivity index (χ3v) is 12.2. The fourth-order valence-corrected chi connectivity index (χ4v) is 8.44. The van der Waals surface area contributed by atoms with Crippen LogP contribution in [0.25, 0.3) is 0 Å². The van der Waals surface area contributed by atoms with E-state index in [9.17, 15) is 9.90 Å². The van der Waals surface area contributed by atoms with Crippen molar-refractivity contribution in [2.45, 2.75) is 303 Å². The van der Waals surface area contributed by atoms with Gasteiger partial charge in [-0.25, -0.2) is 0 Å². The minimum atomic E-state index is -0.575. The first kappa shape index (κ1) is 52.4. The smallest absolute Gasteiger partial charge is 0.320 e. The van der Waals surface area contributed by atoms with Crippen LogP contribution in [0.4, 0.5) is 0 Å². The maximum Gasteiger partial charge on any atom is 0.320 e. The molecule has 53 heavy (non-hydrogen) atoms. The summed E-state index contributed by atoms with van der Waals surface area (Å²) in [4.78, 5) is 14.9. The third kappa shape index (κ3) is 40.9. The average molecular weight is 748 g/mol. The lowest BCUT2D eigenvalue weighted by Crippen LogP contribution is -2.42. The van der Waals surface area contributed by atoms with Crippen molar-refractivity contribution in [3.05, 3.63) is 0 Å². The van der Waals surface area contributed by atoms with Crippen molar-refractivity contribution in [1.29, 1.82) is 0 Å². The molecule has 318 valence electrons. The zero-order chi connectivity index (χ0) is 38.6. The Bertz CT molecular complexity index is 644. The number of hydrogen-bond acceptors (Lipinski definition) is 2. The fraction of sp³-hybridized carbons (Fsp3) is 0.980. The molecule has 0 amide bonds. The highest BCUT2D eigenvalue weighted by Crippen LogP contribution is 2.19. The molecule has 1 unspecified atom stereocenters. The van der Waals surface area contributed by atoms with Crippen LogP contribution in [-0.4, -0.2) is 35.1 Å². The molecule has 1 N–H and O–H groups in total. The van der Waals surface area contributed by atoms with Crippen molar-refractivity contribution in [1.82, 2.24) is 4.90 Å². The van der Waals surface area contributed by atoms with Crippen molar-refractivity contribution < 1.29 is 9.90 Å². The van der Waals surface area contributed by atoms with Crippen LogP contribution in [0, 0.1) is 0 Å². The Balaban J connectivity index is 4.27. The van der Waals surface area contributed by atoms with Gasteiger partial charge in [0, 0.05) is 0 Å². The lowest BCUT2D eigenvalue weighted by atomic mass is 10.0. The minimum absolute atomic E-state index is 0.281. The Hall–Kier alpha value is -0.570. The highest BCUT2D eigenvalue weighted by atomic mass is 16.4. The second kappa shape index (κ2) is 45.8. The van der Waals surface area contributed by atoms with Crippen LogP contribution in [0.1, 0.15) is 297 Å². The lowest BCUT2D eigenvalue weighted by molar-refractivity contribution is -0.143. The molecule has 3 heteroatoms. The predicted octanol–water partition coefficient (Wildman–Crippen LogP) is 17.6. The fourth-order valence-electron chi connectivity index (χ4n) is 8.44. The first-order chi connectivity index (χ1) is 26.2. The number of carboxylic acid groups (broad SMARTS) is 1. The monoisotopic (exact) mass is 748 g/mol. The van der Waals surface area contributed by atoms with Gasteiger partial charge in [0.1, 0.15) is 6.04 Å². The van der Waals surface area contributed by atoms with Gasteiger partial charge in [-0.05, 0) is 32.4 Å². The highest BCUT2D eigenvalue weighted by Gasteiger charge is 2.24. The van der Waals surface area contributed by atoms with E-state index in [1.54, 1.807) is 0 Å². The van der Waals surface area contributed by atoms with Gasteiger partial charge in [0.15, 0.2) is 0 Å². The van der Waals surface area contributed by atoms with E-state index in [0.717, 1.165) is 25.9 Å². The van der Waals surface area contributed by atoms with E-state index in [1.165, 1.54) is 263 Å². The summed E-state index contributed by atoms with van der Waals surface area (Å²) < 4.78 is 0. The van der Waals surface area contributed by atoms with E-state index in [0.29, 0.717) is 0 Å². The first-order valence-electron chi connectivity index (χ1n) is 25.1. The van der Waals surface area contributed by atoms with Crippen LogP contribution in [0.5, 0.6) is 0 Å². The van der Waals surface area contributed by atoms with Crippen molar-refractivity contribution in [2.24, 2.45) is 0 Å². The number of nitrogens with zero attached hydrogens (tertiary/aromatic N) is 1. The van der Waals surface area contributed by atoms with E-state index < -0.39 is 5.97 Å². The summed E-state index contributed by atoms with van der Waals surface area (Å²) in [7, 11) is 0. The molecule has 0 rings (SSSR count). The van der Waals surface area contributed by atoms with Crippen LogP contribution >= 0.6 is 0 Å². The lowest BCUT2D eigenvalue weighted by Gasteiger charge is -2.29. The van der Waals surface area contributed by atoms with E-state index in [1.807, 2.05) is 0 Å². The van der Waals surface area contributed by atoms with Crippen LogP contribution in [0.2, 0.25) is 0 Å². The van der Waals surface area contributed by atoms with Gasteiger partial charge in [0.2, 0.25) is 0 Å². The average Bonchev–Trinajstić information content (AvgIpc) is 3.16. The number of carboxylic acids is 1. The van der Waals surface area contributed by atoms with Gasteiger partial charge < -0.3 is 5.11 Å². The van der Waals surface area contributed by atoms with Crippen LogP contribution in [-0.2, 0) is 4.79 Å². The van der Waals surface area contributed by atoms with Crippen molar-refractivity contribution in [3.63, 3.8) is 0 Å². The molecule has 0 saturated heterocycles. The summed E-state index contributed by atoms with van der Waals surface area (Å²) in [6, 6.07) is -0.281. The Morgan fingerprint density at radius 2 is 0.509 bits per heavy atom. The summed E-state index contributed by atoms with van der Waals surface area (Å²) in [6.45, 7) is 8.84.